The number of nitrogens with one attached hydrogen (secondary N) is 1. The van der Waals surface area contributed by atoms with E-state index in [1.165, 1.54) is 12.8 Å². The SMILES string of the molecule is COc1cccc(CN(C)C(=O)N[C@H](C)c2ccc3cc(-c4nc5cc(C(=O)N6[C@H]7CC[C@@H]6[C@H](N)C7)cc(OC)n5c4C4CC4)n(CC4CC4)c3n2)n1. The largest absolute Gasteiger partial charge is 0.482 e. The Morgan fingerprint density at radius 2 is 1.83 bits per heavy atom. The van der Waals surface area contributed by atoms with Crippen LogP contribution in [0.4, 0.5) is 4.79 Å². The number of hydrogen-bond acceptors (Lipinski definition) is 8. The van der Waals surface area contributed by atoms with E-state index < -0.39 is 0 Å². The third-order valence-corrected chi connectivity index (χ3v) is 11.6. The maximum absolute atomic E-state index is 14.0. The van der Waals surface area contributed by atoms with Crippen molar-refractivity contribution in [2.75, 3.05) is 21.3 Å². The average Bonchev–Trinajstić information content (AvgIpc) is 4.04. The number of imidazole rings is 1. The fourth-order valence-electron chi connectivity index (χ4n) is 8.52. The maximum atomic E-state index is 14.0. The van der Waals surface area contributed by atoms with Crippen molar-refractivity contribution in [1.29, 1.82) is 0 Å². The highest BCUT2D eigenvalue weighted by molar-refractivity contribution is 5.97. The van der Waals surface area contributed by atoms with Gasteiger partial charge in [-0.15, -0.1) is 0 Å². The van der Waals surface area contributed by atoms with E-state index in [4.69, 9.17) is 25.2 Å². The summed E-state index contributed by atoms with van der Waals surface area (Å²) < 4.78 is 15.7. The van der Waals surface area contributed by atoms with Gasteiger partial charge in [-0.05, 0) is 88.1 Å². The average molecular weight is 718 g/mol. The zero-order chi connectivity index (χ0) is 36.5. The Kier molecular flexibility index (Phi) is 8.28. The topological polar surface area (TPSA) is 145 Å². The molecule has 2 aliphatic heterocycles. The van der Waals surface area contributed by atoms with E-state index in [9.17, 15) is 9.59 Å². The van der Waals surface area contributed by atoms with Crippen LogP contribution in [0.3, 0.4) is 0 Å². The molecule has 0 radical (unpaired) electrons. The molecule has 53 heavy (non-hydrogen) atoms. The minimum atomic E-state index is -0.335. The van der Waals surface area contributed by atoms with Crippen molar-refractivity contribution in [1.82, 2.24) is 39.0 Å². The second-order valence-corrected chi connectivity index (χ2v) is 15.4. The van der Waals surface area contributed by atoms with E-state index in [0.717, 1.165) is 78.2 Å². The first-order chi connectivity index (χ1) is 25.7. The molecule has 7 heterocycles. The van der Waals surface area contributed by atoms with Crippen LogP contribution < -0.4 is 20.5 Å². The number of fused-ring (bicyclic) bond motifs is 4. The highest BCUT2D eigenvalue weighted by atomic mass is 16.5. The number of carbonyl (C=O) groups is 2. The van der Waals surface area contributed by atoms with Gasteiger partial charge in [0.2, 0.25) is 5.88 Å². The molecular weight excluding hydrogens is 670 g/mol. The molecule has 0 spiro atoms. The lowest BCUT2D eigenvalue weighted by Crippen LogP contribution is -2.40. The summed E-state index contributed by atoms with van der Waals surface area (Å²) >= 11 is 0. The summed E-state index contributed by atoms with van der Waals surface area (Å²) in [5.74, 6) is 2.06. The molecule has 13 heteroatoms. The van der Waals surface area contributed by atoms with Crippen LogP contribution in [-0.2, 0) is 13.1 Å². The van der Waals surface area contributed by atoms with Crippen molar-refractivity contribution in [2.45, 2.75) is 95.0 Å². The monoisotopic (exact) mass is 717 g/mol. The molecule has 4 atom stereocenters. The number of ether oxygens (including phenoxy) is 2. The molecule has 3 N–H and O–H groups in total. The van der Waals surface area contributed by atoms with Gasteiger partial charge in [0, 0.05) is 60.7 Å². The molecular formula is C40H47N9O4. The van der Waals surface area contributed by atoms with Crippen LogP contribution >= 0.6 is 0 Å². The molecule has 3 amide bonds. The van der Waals surface area contributed by atoms with Gasteiger partial charge in [-0.3, -0.25) is 9.20 Å². The lowest BCUT2D eigenvalue weighted by atomic mass is 9.97. The first kappa shape index (κ1) is 33.7. The summed E-state index contributed by atoms with van der Waals surface area (Å²) in [6.07, 6.45) is 7.34. The number of urea groups is 1. The van der Waals surface area contributed by atoms with E-state index in [-0.39, 0.29) is 36.1 Å². The number of nitrogens with two attached hydrogens (primary N) is 1. The van der Waals surface area contributed by atoms with Gasteiger partial charge in [-0.25, -0.2) is 19.7 Å². The second kappa shape index (κ2) is 13.0. The Labute approximate surface area is 308 Å². The third kappa shape index (κ3) is 6.04. The molecule has 9 rings (SSSR count). The zero-order valence-electron chi connectivity index (χ0n) is 30.8. The van der Waals surface area contributed by atoms with Crippen LogP contribution in [0.5, 0.6) is 11.8 Å². The smallest absolute Gasteiger partial charge is 0.318 e. The standard InChI is InChI=1S/C40H47N9O4/c1-22(42-40(51)46(2)21-27-6-5-7-34(43-27)52-3)30-14-12-25-16-32(47(38(25)44-30)20-23-8-9-23)36-37(24-10-11-24)49-33(45-36)17-26(18-35(49)53-4)39(50)48-28-13-15-31(48)29(41)19-28/h5-7,12,14,16-18,22-24,28-29,31H,8-11,13,15,19-21,41H2,1-4H3,(H,42,51)/t22-,28+,29-,31-/m1/s1. The summed E-state index contributed by atoms with van der Waals surface area (Å²) in [5, 5.41) is 4.14. The lowest BCUT2D eigenvalue weighted by Gasteiger charge is -2.23. The Morgan fingerprint density at radius 3 is 2.53 bits per heavy atom. The molecule has 4 aliphatic rings. The molecule has 2 bridgehead atoms. The van der Waals surface area contributed by atoms with Crippen molar-refractivity contribution in [3.63, 3.8) is 0 Å². The minimum Gasteiger partial charge on any atom is -0.482 e. The minimum absolute atomic E-state index is 0.00714. The van der Waals surface area contributed by atoms with Gasteiger partial charge in [0.05, 0.1) is 49.6 Å². The van der Waals surface area contributed by atoms with Crippen LogP contribution in [0.25, 0.3) is 28.1 Å². The lowest BCUT2D eigenvalue weighted by molar-refractivity contribution is 0.0726. The fourth-order valence-corrected chi connectivity index (χ4v) is 8.52. The van der Waals surface area contributed by atoms with Gasteiger partial charge < -0.3 is 34.9 Å². The second-order valence-electron chi connectivity index (χ2n) is 15.4. The van der Waals surface area contributed by atoms with Gasteiger partial charge >= 0.3 is 6.03 Å². The molecule has 2 saturated heterocycles. The molecule has 2 aliphatic carbocycles. The number of aromatic nitrogens is 5. The molecule has 2 saturated carbocycles. The van der Waals surface area contributed by atoms with Gasteiger partial charge in [0.1, 0.15) is 17.0 Å². The Hall–Kier alpha value is -5.17. The third-order valence-electron chi connectivity index (χ3n) is 11.6. The fraction of sp³-hybridized carbons (Fsp3) is 0.475. The van der Waals surface area contributed by atoms with Crippen molar-refractivity contribution in [2.24, 2.45) is 11.7 Å². The highest BCUT2D eigenvalue weighted by Crippen LogP contribution is 2.47. The Bertz CT molecular complexity index is 2240. The predicted octanol–water partition coefficient (Wildman–Crippen LogP) is 5.66. The van der Waals surface area contributed by atoms with Crippen LogP contribution in [0.1, 0.15) is 91.3 Å². The molecule has 5 aromatic rings. The summed E-state index contributed by atoms with van der Waals surface area (Å²) in [5.41, 5.74) is 13.1. The molecule has 5 aromatic heterocycles. The van der Waals surface area contributed by atoms with E-state index in [0.29, 0.717) is 41.4 Å². The van der Waals surface area contributed by atoms with E-state index in [1.54, 1.807) is 32.2 Å². The summed E-state index contributed by atoms with van der Waals surface area (Å²) in [4.78, 5) is 45.8. The van der Waals surface area contributed by atoms with Gasteiger partial charge in [0.25, 0.3) is 5.91 Å². The zero-order valence-corrected chi connectivity index (χ0v) is 30.8. The van der Waals surface area contributed by atoms with Crippen molar-refractivity contribution >= 4 is 28.6 Å². The number of amides is 3. The van der Waals surface area contributed by atoms with Crippen molar-refractivity contribution < 1.29 is 19.1 Å². The number of rotatable bonds is 11. The summed E-state index contributed by atoms with van der Waals surface area (Å²) in [6, 6.07) is 15.4. The maximum Gasteiger partial charge on any atom is 0.318 e. The van der Waals surface area contributed by atoms with Crippen LogP contribution in [-0.4, -0.2) is 85.1 Å². The van der Waals surface area contributed by atoms with Gasteiger partial charge in [-0.1, -0.05) is 6.07 Å². The van der Waals surface area contributed by atoms with E-state index >= 15 is 0 Å². The number of nitrogens with zero attached hydrogens (tertiary/aromatic N) is 7. The normalized spacial score (nSPS) is 21.4. The van der Waals surface area contributed by atoms with Crippen molar-refractivity contribution in [3.05, 3.63) is 71.2 Å². The molecule has 4 fully saturated rings. The van der Waals surface area contributed by atoms with Crippen LogP contribution in [0, 0.1) is 5.92 Å². The predicted molar refractivity (Wildman–Crippen MR) is 200 cm³/mol. The van der Waals surface area contributed by atoms with E-state index in [1.807, 2.05) is 42.2 Å². The first-order valence-corrected chi connectivity index (χ1v) is 18.9. The molecule has 276 valence electrons. The van der Waals surface area contributed by atoms with Crippen molar-refractivity contribution in [3.8, 4) is 23.1 Å². The van der Waals surface area contributed by atoms with E-state index in [2.05, 4.69) is 31.4 Å². The number of hydrogen-bond donors (Lipinski definition) is 2. The van der Waals surface area contributed by atoms with Crippen LogP contribution in [0.2, 0.25) is 0 Å². The van der Waals surface area contributed by atoms with Gasteiger partial charge in [-0.2, -0.15) is 0 Å². The number of methoxy groups -OCH3 is 2. The molecule has 0 unspecified atom stereocenters. The summed E-state index contributed by atoms with van der Waals surface area (Å²) in [6.45, 7) is 3.13. The number of pyridine rings is 3. The summed E-state index contributed by atoms with van der Waals surface area (Å²) in [7, 11) is 4.99. The molecule has 13 nitrogen and oxygen atoms in total. The highest BCUT2D eigenvalue weighted by Gasteiger charge is 2.47. The Balaban J connectivity index is 1.05. The number of carbonyl (C=O) groups excluding carboxylic acids is 2. The Morgan fingerprint density at radius 1 is 1.00 bits per heavy atom. The first-order valence-electron chi connectivity index (χ1n) is 18.9. The van der Waals surface area contributed by atoms with Crippen LogP contribution in [0.15, 0.2) is 48.5 Å². The molecule has 0 aromatic carbocycles. The quantitative estimate of drug-likeness (QED) is 0.178. The van der Waals surface area contributed by atoms with Gasteiger partial charge in [0.15, 0.2) is 5.88 Å².